The van der Waals surface area contributed by atoms with Gasteiger partial charge in [0.05, 0.1) is 6.61 Å². The highest BCUT2D eigenvalue weighted by Crippen LogP contribution is 2.29. The Morgan fingerprint density at radius 2 is 1.96 bits per heavy atom. The minimum absolute atomic E-state index is 0.0615. The number of nitrogens with zero attached hydrogens (tertiary/aromatic N) is 2. The highest BCUT2D eigenvalue weighted by Gasteiger charge is 2.33. The molecule has 1 heterocycles. The van der Waals surface area contributed by atoms with Gasteiger partial charge in [0.25, 0.3) is 0 Å². The molecule has 24 heavy (non-hydrogen) atoms. The summed E-state index contributed by atoms with van der Waals surface area (Å²) in [7, 11) is 0. The Bertz CT molecular complexity index is 691. The molecule has 0 bridgehead atoms. The van der Waals surface area contributed by atoms with Gasteiger partial charge in [-0.2, -0.15) is 18.2 Å². The van der Waals surface area contributed by atoms with Crippen LogP contribution in [-0.4, -0.2) is 27.7 Å². The van der Waals surface area contributed by atoms with Crippen LogP contribution in [0.5, 0.6) is 0 Å². The maximum atomic E-state index is 13.0. The van der Waals surface area contributed by atoms with Gasteiger partial charge < -0.3 is 15.7 Å². The van der Waals surface area contributed by atoms with Crippen molar-refractivity contribution in [3.63, 3.8) is 0 Å². The number of aryl methyl sites for hydroxylation is 1. The van der Waals surface area contributed by atoms with E-state index in [2.05, 4.69) is 20.6 Å². The summed E-state index contributed by atoms with van der Waals surface area (Å²) in [5.74, 6) is -0.121. The van der Waals surface area contributed by atoms with E-state index in [0.717, 1.165) is 17.2 Å². The maximum Gasteiger partial charge on any atom is 0.433 e. The number of aliphatic hydroxyl groups excluding tert-OH is 1. The first-order valence-corrected chi connectivity index (χ1v) is 7.41. The van der Waals surface area contributed by atoms with Gasteiger partial charge in [-0.3, -0.25) is 0 Å². The number of aliphatic hydroxyl groups is 1. The quantitative estimate of drug-likeness (QED) is 0.753. The number of nitrogens with one attached hydrogen (secondary N) is 2. The molecule has 1 aromatic carbocycles. The summed E-state index contributed by atoms with van der Waals surface area (Å²) in [5, 5.41) is 14.5. The fraction of sp³-hybridized carbons (Fsp3) is 0.375. The molecule has 8 heteroatoms. The van der Waals surface area contributed by atoms with Crippen molar-refractivity contribution >= 4 is 11.8 Å². The van der Waals surface area contributed by atoms with E-state index in [1.165, 1.54) is 0 Å². The molecule has 0 spiro atoms. The van der Waals surface area contributed by atoms with Gasteiger partial charge in [-0.25, -0.2) is 4.98 Å². The molecule has 0 aliphatic heterocycles. The van der Waals surface area contributed by atoms with E-state index in [1.54, 1.807) is 6.92 Å². The first-order valence-electron chi connectivity index (χ1n) is 7.41. The third kappa shape index (κ3) is 5.09. The largest absolute Gasteiger partial charge is 0.433 e. The molecule has 0 aliphatic carbocycles. The maximum absolute atomic E-state index is 13.0. The molecule has 0 aliphatic rings. The first kappa shape index (κ1) is 18.0. The average molecular weight is 340 g/mol. The average Bonchev–Trinajstić information content (AvgIpc) is 2.52. The second-order valence-electron chi connectivity index (χ2n) is 5.53. The van der Waals surface area contributed by atoms with Crippen LogP contribution in [0.3, 0.4) is 0 Å². The molecule has 0 unspecified atom stereocenters. The molecule has 0 saturated heterocycles. The predicted molar refractivity (Wildman–Crippen MR) is 85.7 cm³/mol. The van der Waals surface area contributed by atoms with E-state index in [1.807, 2.05) is 31.2 Å². The van der Waals surface area contributed by atoms with Gasteiger partial charge in [-0.1, -0.05) is 29.8 Å². The Labute approximate surface area is 138 Å². The summed E-state index contributed by atoms with van der Waals surface area (Å²) in [6.45, 7) is 3.65. The zero-order valence-corrected chi connectivity index (χ0v) is 13.4. The van der Waals surface area contributed by atoms with Gasteiger partial charge in [-0.05, 0) is 19.4 Å². The smallest absolute Gasteiger partial charge is 0.394 e. The Balaban J connectivity index is 2.22. The van der Waals surface area contributed by atoms with Crippen molar-refractivity contribution in [1.29, 1.82) is 0 Å². The van der Waals surface area contributed by atoms with Crippen LogP contribution in [0.2, 0.25) is 0 Å². The zero-order valence-electron chi connectivity index (χ0n) is 13.4. The van der Waals surface area contributed by atoms with Crippen LogP contribution in [0.4, 0.5) is 24.9 Å². The number of halogens is 3. The summed E-state index contributed by atoms with van der Waals surface area (Å²) in [5.41, 5.74) is 0.949. The number of aromatic nitrogens is 2. The normalized spacial score (nSPS) is 12.8. The number of rotatable bonds is 6. The molecular formula is C16H19F3N4O. The van der Waals surface area contributed by atoms with Gasteiger partial charge in [0, 0.05) is 18.7 Å². The van der Waals surface area contributed by atoms with Gasteiger partial charge >= 0.3 is 6.18 Å². The summed E-state index contributed by atoms with van der Waals surface area (Å²) < 4.78 is 39.0. The predicted octanol–water partition coefficient (Wildman–Crippen LogP) is 3.21. The topological polar surface area (TPSA) is 70.1 Å². The van der Waals surface area contributed by atoms with E-state index >= 15 is 0 Å². The lowest BCUT2D eigenvalue weighted by Crippen LogP contribution is -2.22. The van der Waals surface area contributed by atoms with Crippen molar-refractivity contribution in [2.24, 2.45) is 0 Å². The van der Waals surface area contributed by atoms with E-state index in [0.29, 0.717) is 6.54 Å². The molecule has 1 aromatic heterocycles. The lowest BCUT2D eigenvalue weighted by Gasteiger charge is -2.15. The third-order valence-electron chi connectivity index (χ3n) is 3.22. The van der Waals surface area contributed by atoms with Crippen LogP contribution in [-0.2, 0) is 12.7 Å². The lowest BCUT2D eigenvalue weighted by atomic mass is 10.1. The first-order chi connectivity index (χ1) is 11.3. The summed E-state index contributed by atoms with van der Waals surface area (Å²) in [6.07, 6.45) is -4.58. The van der Waals surface area contributed by atoms with E-state index < -0.39 is 17.9 Å². The van der Waals surface area contributed by atoms with Gasteiger partial charge in [-0.15, -0.1) is 0 Å². The minimum atomic E-state index is -4.58. The molecule has 130 valence electrons. The van der Waals surface area contributed by atoms with Crippen molar-refractivity contribution in [3.8, 4) is 0 Å². The van der Waals surface area contributed by atoms with Crippen molar-refractivity contribution in [1.82, 2.24) is 9.97 Å². The van der Waals surface area contributed by atoms with Gasteiger partial charge in [0.2, 0.25) is 5.95 Å². The molecule has 5 nitrogen and oxygen atoms in total. The Kier molecular flexibility index (Phi) is 5.61. The van der Waals surface area contributed by atoms with Gasteiger partial charge in [0.15, 0.2) is 5.69 Å². The summed E-state index contributed by atoms with van der Waals surface area (Å²) >= 11 is 0. The van der Waals surface area contributed by atoms with Crippen LogP contribution in [0.15, 0.2) is 30.3 Å². The fourth-order valence-electron chi connectivity index (χ4n) is 2.03. The molecule has 1 atom stereocenters. The molecule has 0 radical (unpaired) electrons. The standard InChI is InChI=1S/C16H19F3N4O/c1-10-4-3-5-12(6-10)8-20-14-7-13(16(17,18)19)22-15(23-14)21-11(2)9-24/h3-7,11,24H,8-9H2,1-2H3,(H2,20,21,22,23)/t11-/m0/s1. The fourth-order valence-corrected chi connectivity index (χ4v) is 2.03. The van der Waals surface area contributed by atoms with Crippen molar-refractivity contribution in [2.75, 3.05) is 17.2 Å². The summed E-state index contributed by atoms with van der Waals surface area (Å²) in [6, 6.07) is 8.03. The summed E-state index contributed by atoms with van der Waals surface area (Å²) in [4.78, 5) is 7.49. The van der Waals surface area contributed by atoms with Crippen LogP contribution in [0.25, 0.3) is 0 Å². The van der Waals surface area contributed by atoms with E-state index in [9.17, 15) is 13.2 Å². The van der Waals surface area contributed by atoms with Crippen molar-refractivity contribution < 1.29 is 18.3 Å². The highest BCUT2D eigenvalue weighted by molar-refractivity contribution is 5.44. The van der Waals surface area contributed by atoms with E-state index in [-0.39, 0.29) is 18.4 Å². The lowest BCUT2D eigenvalue weighted by molar-refractivity contribution is -0.141. The molecule has 0 amide bonds. The number of anilines is 2. The minimum Gasteiger partial charge on any atom is -0.394 e. The second-order valence-corrected chi connectivity index (χ2v) is 5.53. The SMILES string of the molecule is Cc1cccc(CNc2cc(C(F)(F)F)nc(N[C@@H](C)CO)n2)c1. The number of hydrogen-bond donors (Lipinski definition) is 3. The Hall–Kier alpha value is -2.35. The molecular weight excluding hydrogens is 321 g/mol. The Morgan fingerprint density at radius 3 is 2.58 bits per heavy atom. The van der Waals surface area contributed by atoms with Crippen LogP contribution in [0.1, 0.15) is 23.7 Å². The molecule has 0 saturated carbocycles. The molecule has 3 N–H and O–H groups in total. The molecule has 0 fully saturated rings. The van der Waals surface area contributed by atoms with Gasteiger partial charge in [0.1, 0.15) is 5.82 Å². The monoisotopic (exact) mass is 340 g/mol. The number of benzene rings is 1. The number of alkyl halides is 3. The Morgan fingerprint density at radius 1 is 1.21 bits per heavy atom. The van der Waals surface area contributed by atoms with Crippen LogP contribution in [0, 0.1) is 6.92 Å². The third-order valence-corrected chi connectivity index (χ3v) is 3.22. The molecule has 2 rings (SSSR count). The van der Waals surface area contributed by atoms with Crippen molar-refractivity contribution in [2.45, 2.75) is 32.6 Å². The van der Waals surface area contributed by atoms with Crippen molar-refractivity contribution in [3.05, 3.63) is 47.2 Å². The molecule has 2 aromatic rings. The van der Waals surface area contributed by atoms with E-state index in [4.69, 9.17) is 5.11 Å². The second kappa shape index (κ2) is 7.48. The van der Waals surface area contributed by atoms with Crippen LogP contribution < -0.4 is 10.6 Å². The van der Waals surface area contributed by atoms with Crippen LogP contribution >= 0.6 is 0 Å². The zero-order chi connectivity index (χ0) is 17.7. The number of hydrogen-bond acceptors (Lipinski definition) is 5. The highest BCUT2D eigenvalue weighted by atomic mass is 19.4.